The van der Waals surface area contributed by atoms with E-state index in [4.69, 9.17) is 0 Å². The molecule has 1 aromatic rings. The largest absolute Gasteiger partial charge is 0.416 e. The van der Waals surface area contributed by atoms with Crippen molar-refractivity contribution < 1.29 is 18.0 Å². The number of carbonyl (C=O) groups is 1. The molecule has 1 N–H and O–H groups in total. The Kier molecular flexibility index (Phi) is 6.87. The van der Waals surface area contributed by atoms with Gasteiger partial charge >= 0.3 is 6.18 Å². The summed E-state index contributed by atoms with van der Waals surface area (Å²) in [4.78, 5) is 14.4. The van der Waals surface area contributed by atoms with Gasteiger partial charge in [-0.25, -0.2) is 0 Å². The van der Waals surface area contributed by atoms with Gasteiger partial charge in [0.2, 0.25) is 5.91 Å². The van der Waals surface area contributed by atoms with Gasteiger partial charge in [-0.3, -0.25) is 4.79 Å². The maximum absolute atomic E-state index is 12.6. The van der Waals surface area contributed by atoms with Gasteiger partial charge in [0.15, 0.2) is 0 Å². The summed E-state index contributed by atoms with van der Waals surface area (Å²) >= 11 is 0. The quantitative estimate of drug-likeness (QED) is 0.834. The first-order valence-corrected chi connectivity index (χ1v) is 8.97. The molecule has 1 aromatic carbocycles. The van der Waals surface area contributed by atoms with Gasteiger partial charge in [0.1, 0.15) is 0 Å². The topological polar surface area (TPSA) is 32.3 Å². The highest BCUT2D eigenvalue weighted by Crippen LogP contribution is 2.31. The highest BCUT2D eigenvalue weighted by molar-refractivity contribution is 5.77. The second kappa shape index (κ2) is 8.70. The summed E-state index contributed by atoms with van der Waals surface area (Å²) in [5, 5.41) is 3.35. The molecule has 0 spiro atoms. The Morgan fingerprint density at radius 3 is 2.36 bits per heavy atom. The lowest BCUT2D eigenvalue weighted by Crippen LogP contribution is -2.41. The van der Waals surface area contributed by atoms with Crippen LogP contribution in [0.5, 0.6) is 0 Å². The number of hydrogen-bond donors (Lipinski definition) is 1. The highest BCUT2D eigenvalue weighted by atomic mass is 19.4. The number of hydrogen-bond acceptors (Lipinski definition) is 2. The van der Waals surface area contributed by atoms with E-state index in [2.05, 4.69) is 12.2 Å². The third kappa shape index (κ3) is 5.73. The average Bonchev–Trinajstić information content (AvgIpc) is 2.59. The molecule has 0 saturated carbocycles. The molecule has 0 aromatic heterocycles. The van der Waals surface area contributed by atoms with Crippen LogP contribution in [0.15, 0.2) is 24.3 Å². The van der Waals surface area contributed by atoms with Crippen LogP contribution in [0.25, 0.3) is 0 Å². The summed E-state index contributed by atoms with van der Waals surface area (Å²) in [5.41, 5.74) is 0.112. The molecule has 1 aliphatic heterocycles. The predicted octanol–water partition coefficient (Wildman–Crippen LogP) is 4.05. The third-order valence-corrected chi connectivity index (χ3v) is 4.94. The number of rotatable bonds is 6. The Bertz CT molecular complexity index is 549. The second-order valence-corrected chi connectivity index (χ2v) is 6.86. The first-order chi connectivity index (χ1) is 11.8. The highest BCUT2D eigenvalue weighted by Gasteiger charge is 2.30. The van der Waals surface area contributed by atoms with E-state index in [9.17, 15) is 18.0 Å². The van der Waals surface area contributed by atoms with Crippen molar-refractivity contribution in [3.63, 3.8) is 0 Å². The summed E-state index contributed by atoms with van der Waals surface area (Å²) in [6.07, 6.45) is -1.97. The number of nitrogens with zero attached hydrogens (tertiary/aromatic N) is 1. The Hall–Kier alpha value is -1.56. The van der Waals surface area contributed by atoms with E-state index in [1.165, 1.54) is 12.1 Å². The third-order valence-electron chi connectivity index (χ3n) is 4.94. The Morgan fingerprint density at radius 1 is 1.24 bits per heavy atom. The number of alkyl halides is 3. The molecule has 0 bridgehead atoms. The van der Waals surface area contributed by atoms with Crippen molar-refractivity contribution >= 4 is 5.91 Å². The van der Waals surface area contributed by atoms with Crippen molar-refractivity contribution in [2.75, 3.05) is 26.2 Å². The fraction of sp³-hybridized carbons (Fsp3) is 0.632. The zero-order valence-electron chi connectivity index (χ0n) is 14.9. The van der Waals surface area contributed by atoms with Crippen LogP contribution in [0.3, 0.4) is 0 Å². The minimum atomic E-state index is -4.32. The normalized spacial score (nSPS) is 17.6. The average molecular weight is 356 g/mol. The van der Waals surface area contributed by atoms with Crippen molar-refractivity contribution in [1.29, 1.82) is 0 Å². The maximum Gasteiger partial charge on any atom is 0.416 e. The Morgan fingerprint density at radius 2 is 1.84 bits per heavy atom. The van der Waals surface area contributed by atoms with Gasteiger partial charge < -0.3 is 10.2 Å². The first-order valence-electron chi connectivity index (χ1n) is 8.97. The van der Waals surface area contributed by atoms with Crippen LogP contribution in [-0.2, 0) is 11.0 Å². The summed E-state index contributed by atoms with van der Waals surface area (Å²) in [5.74, 6) is 0.625. The molecule has 140 valence electrons. The van der Waals surface area contributed by atoms with E-state index in [-0.39, 0.29) is 11.8 Å². The molecule has 6 heteroatoms. The van der Waals surface area contributed by atoms with Gasteiger partial charge in [0, 0.05) is 19.5 Å². The van der Waals surface area contributed by atoms with Crippen molar-refractivity contribution in [2.45, 2.75) is 45.2 Å². The molecule has 1 atom stereocenters. The molecular weight excluding hydrogens is 329 g/mol. The molecule has 1 unspecified atom stereocenters. The smallest absolute Gasteiger partial charge is 0.343 e. The summed E-state index contributed by atoms with van der Waals surface area (Å²) in [6.45, 7) is 7.48. The fourth-order valence-electron chi connectivity index (χ4n) is 3.24. The van der Waals surface area contributed by atoms with Gasteiger partial charge in [-0.15, -0.1) is 0 Å². The first kappa shape index (κ1) is 19.8. The van der Waals surface area contributed by atoms with E-state index in [0.717, 1.165) is 56.7 Å². The lowest BCUT2D eigenvalue weighted by atomic mass is 9.93. The van der Waals surface area contributed by atoms with Crippen LogP contribution in [-0.4, -0.2) is 37.0 Å². The van der Waals surface area contributed by atoms with Crippen LogP contribution < -0.4 is 5.32 Å². The molecule has 1 saturated heterocycles. The molecule has 2 rings (SSSR count). The van der Waals surface area contributed by atoms with Gasteiger partial charge in [0.05, 0.1) is 5.56 Å². The summed E-state index contributed by atoms with van der Waals surface area (Å²) in [6, 6.07) is 5.12. The Labute approximate surface area is 147 Å². The van der Waals surface area contributed by atoms with Crippen molar-refractivity contribution in [3.8, 4) is 0 Å². The number of piperidine rings is 1. The van der Waals surface area contributed by atoms with E-state index < -0.39 is 11.7 Å². The number of halogens is 3. The molecule has 1 heterocycles. The van der Waals surface area contributed by atoms with Crippen LogP contribution in [0, 0.1) is 5.92 Å². The molecular formula is C19H27F3N2O. The number of nitrogens with one attached hydrogen (secondary N) is 1. The minimum absolute atomic E-state index is 0.0886. The Balaban J connectivity index is 1.84. The van der Waals surface area contributed by atoms with Gasteiger partial charge in [-0.05, 0) is 55.5 Å². The van der Waals surface area contributed by atoms with Crippen molar-refractivity contribution in [3.05, 3.63) is 35.4 Å². The zero-order valence-corrected chi connectivity index (χ0v) is 14.9. The van der Waals surface area contributed by atoms with E-state index in [1.807, 2.05) is 11.8 Å². The molecule has 0 radical (unpaired) electrons. The fourth-order valence-corrected chi connectivity index (χ4v) is 3.24. The molecule has 0 aliphatic carbocycles. The molecule has 25 heavy (non-hydrogen) atoms. The van der Waals surface area contributed by atoms with Gasteiger partial charge in [-0.1, -0.05) is 26.0 Å². The monoisotopic (exact) mass is 356 g/mol. The molecule has 1 aliphatic rings. The van der Waals surface area contributed by atoms with Crippen LogP contribution in [0.1, 0.15) is 50.2 Å². The maximum atomic E-state index is 12.6. The standard InChI is InChI=1S/C19H27F3N2O/c1-3-23-13-15-8-10-24(11-9-15)18(25)12-14(2)16-4-6-17(7-5-16)19(20,21)22/h4-7,14-15,23H,3,8-13H2,1-2H3. The minimum Gasteiger partial charge on any atom is -0.343 e. The summed E-state index contributed by atoms with van der Waals surface area (Å²) in [7, 11) is 0. The van der Waals surface area contributed by atoms with E-state index in [0.29, 0.717) is 12.3 Å². The number of likely N-dealkylation sites (tertiary alicyclic amines) is 1. The summed E-state index contributed by atoms with van der Waals surface area (Å²) < 4.78 is 37.9. The van der Waals surface area contributed by atoms with Gasteiger partial charge in [-0.2, -0.15) is 13.2 Å². The molecule has 1 fully saturated rings. The van der Waals surface area contributed by atoms with E-state index >= 15 is 0 Å². The number of amides is 1. The van der Waals surface area contributed by atoms with E-state index in [1.54, 1.807) is 0 Å². The number of carbonyl (C=O) groups excluding carboxylic acids is 1. The van der Waals surface area contributed by atoms with Crippen LogP contribution in [0.2, 0.25) is 0 Å². The lowest BCUT2D eigenvalue weighted by molar-refractivity contribution is -0.137. The number of benzene rings is 1. The van der Waals surface area contributed by atoms with Crippen molar-refractivity contribution in [2.24, 2.45) is 5.92 Å². The van der Waals surface area contributed by atoms with Crippen molar-refractivity contribution in [1.82, 2.24) is 10.2 Å². The molecule has 1 amide bonds. The predicted molar refractivity (Wildman–Crippen MR) is 92.3 cm³/mol. The lowest BCUT2D eigenvalue weighted by Gasteiger charge is -2.32. The SMILES string of the molecule is CCNCC1CCN(C(=O)CC(C)c2ccc(C(F)(F)F)cc2)CC1. The van der Waals surface area contributed by atoms with Crippen LogP contribution >= 0.6 is 0 Å². The van der Waals surface area contributed by atoms with Crippen LogP contribution in [0.4, 0.5) is 13.2 Å². The molecule has 3 nitrogen and oxygen atoms in total. The second-order valence-electron chi connectivity index (χ2n) is 6.86. The van der Waals surface area contributed by atoms with Gasteiger partial charge in [0.25, 0.3) is 0 Å². The zero-order chi connectivity index (χ0) is 18.4.